The molecule has 3 nitrogen and oxygen atoms in total. The zero-order valence-corrected chi connectivity index (χ0v) is 11.8. The van der Waals surface area contributed by atoms with Gasteiger partial charge in [-0.25, -0.2) is 0 Å². The quantitative estimate of drug-likeness (QED) is 0.870. The molecule has 4 heteroatoms. The van der Waals surface area contributed by atoms with E-state index in [0.717, 1.165) is 37.3 Å². The Morgan fingerprint density at radius 2 is 2.11 bits per heavy atom. The molecule has 0 spiro atoms. The van der Waals surface area contributed by atoms with E-state index in [1.807, 2.05) is 11.8 Å². The first-order valence-corrected chi connectivity index (χ1v) is 8.19. The van der Waals surface area contributed by atoms with Gasteiger partial charge in [0.1, 0.15) is 0 Å². The largest absolute Gasteiger partial charge is 0.355 e. The van der Waals surface area contributed by atoms with E-state index in [1.54, 1.807) is 0 Å². The molecule has 1 saturated heterocycles. The molecule has 1 aromatic carbocycles. The molecule has 2 unspecified atom stereocenters. The number of rotatable bonds is 2. The topological polar surface area (TPSA) is 41.1 Å². The first-order chi connectivity index (χ1) is 9.34. The van der Waals surface area contributed by atoms with Gasteiger partial charge in [-0.05, 0) is 30.4 Å². The van der Waals surface area contributed by atoms with Gasteiger partial charge in [-0.3, -0.25) is 10.1 Å². The lowest BCUT2D eigenvalue weighted by Crippen LogP contribution is -2.45. The first-order valence-electron chi connectivity index (χ1n) is 7.04. The average Bonchev–Trinajstić information content (AvgIpc) is 2.65. The second kappa shape index (κ2) is 5.97. The average molecular weight is 276 g/mol. The molecule has 1 fully saturated rings. The van der Waals surface area contributed by atoms with E-state index in [4.69, 9.17) is 0 Å². The summed E-state index contributed by atoms with van der Waals surface area (Å²) in [5.41, 5.74) is 2.78. The van der Waals surface area contributed by atoms with Crippen molar-refractivity contribution in [3.63, 3.8) is 0 Å². The molecule has 0 saturated carbocycles. The van der Waals surface area contributed by atoms with Crippen LogP contribution in [0, 0.1) is 0 Å². The number of thioether (sulfide) groups is 1. The summed E-state index contributed by atoms with van der Waals surface area (Å²) in [6.07, 6.45) is 3.17. The molecule has 2 aliphatic rings. The Bertz CT molecular complexity index is 463. The van der Waals surface area contributed by atoms with E-state index in [1.165, 1.54) is 11.1 Å². The van der Waals surface area contributed by atoms with Gasteiger partial charge in [0.05, 0.1) is 6.04 Å². The minimum Gasteiger partial charge on any atom is -0.355 e. The molecule has 1 amide bonds. The molecule has 0 radical (unpaired) electrons. The summed E-state index contributed by atoms with van der Waals surface area (Å²) in [6.45, 7) is 0.826. The fourth-order valence-corrected chi connectivity index (χ4v) is 3.97. The molecule has 102 valence electrons. The Morgan fingerprint density at radius 3 is 3.05 bits per heavy atom. The van der Waals surface area contributed by atoms with Crippen LogP contribution in [-0.4, -0.2) is 24.2 Å². The summed E-state index contributed by atoms with van der Waals surface area (Å²) in [7, 11) is 0. The molecular formula is C15H20N2OS. The van der Waals surface area contributed by atoms with Crippen LogP contribution in [0.2, 0.25) is 0 Å². The van der Waals surface area contributed by atoms with Crippen LogP contribution >= 0.6 is 11.8 Å². The minimum atomic E-state index is -0.0285. The summed E-state index contributed by atoms with van der Waals surface area (Å²) in [4.78, 5) is 12.0. The van der Waals surface area contributed by atoms with E-state index < -0.39 is 0 Å². The van der Waals surface area contributed by atoms with E-state index in [9.17, 15) is 4.79 Å². The standard InChI is InChI=1S/C15H20N2OS/c18-15-13(7-3-4-8-16-15)17-14-10-19-9-11-5-1-2-6-12(11)14/h1-2,5-6,13-14,17H,3-4,7-10H2,(H,16,18). The van der Waals surface area contributed by atoms with Crippen molar-refractivity contribution >= 4 is 17.7 Å². The highest BCUT2D eigenvalue weighted by molar-refractivity contribution is 7.98. The maximum atomic E-state index is 12.0. The second-order valence-electron chi connectivity index (χ2n) is 5.27. The Balaban J connectivity index is 1.75. The minimum absolute atomic E-state index is 0.0285. The summed E-state index contributed by atoms with van der Waals surface area (Å²) in [5.74, 6) is 2.32. The van der Waals surface area contributed by atoms with Crippen molar-refractivity contribution in [2.75, 3.05) is 12.3 Å². The molecule has 2 N–H and O–H groups in total. The second-order valence-corrected chi connectivity index (χ2v) is 6.30. The molecule has 1 aromatic rings. The molecule has 2 aliphatic heterocycles. The third-order valence-electron chi connectivity index (χ3n) is 3.91. The molecule has 19 heavy (non-hydrogen) atoms. The zero-order valence-electron chi connectivity index (χ0n) is 11.0. The predicted molar refractivity (Wildman–Crippen MR) is 79.1 cm³/mol. The number of hydrogen-bond donors (Lipinski definition) is 2. The molecule has 0 aromatic heterocycles. The van der Waals surface area contributed by atoms with Crippen LogP contribution in [0.15, 0.2) is 24.3 Å². The maximum absolute atomic E-state index is 12.0. The van der Waals surface area contributed by atoms with Crippen molar-refractivity contribution in [3.8, 4) is 0 Å². The van der Waals surface area contributed by atoms with Crippen LogP contribution < -0.4 is 10.6 Å². The number of amides is 1. The molecule has 0 bridgehead atoms. The van der Waals surface area contributed by atoms with E-state index >= 15 is 0 Å². The van der Waals surface area contributed by atoms with Gasteiger partial charge in [-0.2, -0.15) is 11.8 Å². The van der Waals surface area contributed by atoms with Crippen LogP contribution in [0.1, 0.15) is 36.4 Å². The van der Waals surface area contributed by atoms with Crippen LogP contribution in [0.3, 0.4) is 0 Å². The smallest absolute Gasteiger partial charge is 0.237 e. The number of hydrogen-bond acceptors (Lipinski definition) is 3. The van der Waals surface area contributed by atoms with Crippen molar-refractivity contribution in [2.45, 2.75) is 37.1 Å². The molecule has 2 heterocycles. The third kappa shape index (κ3) is 2.95. The summed E-state index contributed by atoms with van der Waals surface area (Å²) >= 11 is 1.95. The number of carbonyl (C=O) groups is 1. The van der Waals surface area contributed by atoms with E-state index in [-0.39, 0.29) is 11.9 Å². The number of nitrogens with one attached hydrogen (secondary N) is 2. The highest BCUT2D eigenvalue weighted by atomic mass is 32.2. The van der Waals surface area contributed by atoms with E-state index in [0.29, 0.717) is 6.04 Å². The highest BCUT2D eigenvalue weighted by Crippen LogP contribution is 2.32. The lowest BCUT2D eigenvalue weighted by Gasteiger charge is -2.29. The van der Waals surface area contributed by atoms with Gasteiger partial charge in [0.25, 0.3) is 0 Å². The van der Waals surface area contributed by atoms with Crippen molar-refractivity contribution in [1.82, 2.24) is 10.6 Å². The molecule has 3 rings (SSSR count). The fourth-order valence-electron chi connectivity index (χ4n) is 2.86. The van der Waals surface area contributed by atoms with Gasteiger partial charge in [-0.15, -0.1) is 0 Å². The predicted octanol–water partition coefficient (Wildman–Crippen LogP) is 2.23. The Hall–Kier alpha value is -1.00. The van der Waals surface area contributed by atoms with Gasteiger partial charge in [0.15, 0.2) is 0 Å². The molecular weight excluding hydrogens is 256 g/mol. The summed E-state index contributed by atoms with van der Waals surface area (Å²) in [5, 5.41) is 6.57. The van der Waals surface area contributed by atoms with Crippen molar-refractivity contribution in [3.05, 3.63) is 35.4 Å². The fraction of sp³-hybridized carbons (Fsp3) is 0.533. The summed E-state index contributed by atoms with van der Waals surface area (Å²) < 4.78 is 0. The first kappa shape index (κ1) is 13.0. The van der Waals surface area contributed by atoms with E-state index in [2.05, 4.69) is 34.9 Å². The van der Waals surface area contributed by atoms with Crippen molar-refractivity contribution in [1.29, 1.82) is 0 Å². The van der Waals surface area contributed by atoms with Gasteiger partial charge in [0.2, 0.25) is 5.91 Å². The Morgan fingerprint density at radius 1 is 1.21 bits per heavy atom. The Labute approximate surface area is 118 Å². The molecule has 0 aliphatic carbocycles. The monoisotopic (exact) mass is 276 g/mol. The lowest BCUT2D eigenvalue weighted by atomic mass is 10.00. The summed E-state index contributed by atoms with van der Waals surface area (Å²) in [6, 6.07) is 8.87. The van der Waals surface area contributed by atoms with Crippen molar-refractivity contribution < 1.29 is 4.79 Å². The van der Waals surface area contributed by atoms with Crippen LogP contribution in [0.4, 0.5) is 0 Å². The van der Waals surface area contributed by atoms with Crippen LogP contribution in [-0.2, 0) is 10.5 Å². The normalized spacial score (nSPS) is 27.3. The number of fused-ring (bicyclic) bond motifs is 1. The Kier molecular flexibility index (Phi) is 4.09. The van der Waals surface area contributed by atoms with Gasteiger partial charge >= 0.3 is 0 Å². The van der Waals surface area contributed by atoms with Gasteiger partial charge in [0, 0.05) is 24.1 Å². The SMILES string of the molecule is O=C1NCCCCC1NC1CSCc2ccccc21. The van der Waals surface area contributed by atoms with Crippen LogP contribution in [0.25, 0.3) is 0 Å². The maximum Gasteiger partial charge on any atom is 0.237 e. The third-order valence-corrected chi connectivity index (χ3v) is 4.99. The molecule has 2 atom stereocenters. The van der Waals surface area contributed by atoms with Gasteiger partial charge in [-0.1, -0.05) is 24.3 Å². The van der Waals surface area contributed by atoms with Gasteiger partial charge < -0.3 is 5.32 Å². The lowest BCUT2D eigenvalue weighted by molar-refractivity contribution is -0.123. The van der Waals surface area contributed by atoms with Crippen LogP contribution in [0.5, 0.6) is 0 Å². The number of carbonyl (C=O) groups excluding carboxylic acids is 1. The highest BCUT2D eigenvalue weighted by Gasteiger charge is 2.27. The zero-order chi connectivity index (χ0) is 13.1. The van der Waals surface area contributed by atoms with Crippen molar-refractivity contribution in [2.24, 2.45) is 0 Å². The number of benzene rings is 1.